The van der Waals surface area contributed by atoms with Gasteiger partial charge in [-0.05, 0) is 32.0 Å². The van der Waals surface area contributed by atoms with Gasteiger partial charge in [0.25, 0.3) is 5.56 Å². The first-order chi connectivity index (χ1) is 16.2. The number of ether oxygens (including phenoxy) is 1. The summed E-state index contributed by atoms with van der Waals surface area (Å²) in [4.78, 5) is 25.5. The quantitative estimate of drug-likeness (QED) is 0.395. The fraction of sp³-hybridized carbons (Fsp3) is 0.208. The molecular formula is C24H22ClN7O2. The summed E-state index contributed by atoms with van der Waals surface area (Å²) in [7, 11) is 3.22. The molecule has 1 aromatic carbocycles. The first-order valence-corrected chi connectivity index (χ1v) is 10.7. The van der Waals surface area contributed by atoms with E-state index in [1.165, 1.54) is 23.9 Å². The van der Waals surface area contributed by atoms with E-state index >= 15 is 0 Å². The van der Waals surface area contributed by atoms with Crippen LogP contribution < -0.4 is 20.9 Å². The van der Waals surface area contributed by atoms with Crippen LogP contribution in [0.3, 0.4) is 0 Å². The predicted molar refractivity (Wildman–Crippen MR) is 132 cm³/mol. The summed E-state index contributed by atoms with van der Waals surface area (Å²) in [6.45, 7) is 3.87. The van der Waals surface area contributed by atoms with Crippen molar-refractivity contribution in [3.05, 3.63) is 75.8 Å². The molecule has 0 bridgehead atoms. The summed E-state index contributed by atoms with van der Waals surface area (Å²) in [5.41, 5.74) is 1.69. The zero-order chi connectivity index (χ0) is 24.5. The van der Waals surface area contributed by atoms with E-state index in [0.717, 1.165) is 5.39 Å². The molecule has 0 spiro atoms. The van der Waals surface area contributed by atoms with E-state index in [9.17, 15) is 10.1 Å². The monoisotopic (exact) mass is 475 g/mol. The zero-order valence-corrected chi connectivity index (χ0v) is 19.8. The minimum absolute atomic E-state index is 0.106. The van der Waals surface area contributed by atoms with E-state index in [4.69, 9.17) is 16.3 Å². The molecular weight excluding hydrogens is 454 g/mol. The Morgan fingerprint density at radius 1 is 1.12 bits per heavy atom. The highest BCUT2D eigenvalue weighted by atomic mass is 35.5. The smallest absolute Gasteiger partial charge is 0.252 e. The first kappa shape index (κ1) is 23.0. The van der Waals surface area contributed by atoms with Crippen LogP contribution in [0.5, 0.6) is 5.75 Å². The van der Waals surface area contributed by atoms with Crippen LogP contribution in [-0.2, 0) is 12.6 Å². The van der Waals surface area contributed by atoms with Gasteiger partial charge in [-0.15, -0.1) is 0 Å². The molecule has 0 amide bonds. The van der Waals surface area contributed by atoms with Gasteiger partial charge in [0.15, 0.2) is 5.82 Å². The molecule has 9 nitrogen and oxygen atoms in total. The Morgan fingerprint density at radius 3 is 2.53 bits per heavy atom. The lowest BCUT2D eigenvalue weighted by molar-refractivity contribution is 0.417. The van der Waals surface area contributed by atoms with Crippen LogP contribution in [-0.4, -0.2) is 26.6 Å². The molecule has 0 atom stereocenters. The molecule has 10 heteroatoms. The van der Waals surface area contributed by atoms with Crippen molar-refractivity contribution in [2.24, 2.45) is 7.05 Å². The van der Waals surface area contributed by atoms with E-state index < -0.39 is 5.54 Å². The van der Waals surface area contributed by atoms with Gasteiger partial charge in [-0.3, -0.25) is 4.79 Å². The summed E-state index contributed by atoms with van der Waals surface area (Å²) in [5.74, 6) is 1.06. The van der Waals surface area contributed by atoms with Crippen LogP contribution in [0.25, 0.3) is 10.9 Å². The Kier molecular flexibility index (Phi) is 6.09. The molecule has 4 rings (SSSR count). The van der Waals surface area contributed by atoms with Crippen molar-refractivity contribution in [2.75, 3.05) is 17.7 Å². The maximum Gasteiger partial charge on any atom is 0.252 e. The highest BCUT2D eigenvalue weighted by molar-refractivity contribution is 6.31. The summed E-state index contributed by atoms with van der Waals surface area (Å²) in [6.07, 6.45) is 4.86. The largest absolute Gasteiger partial charge is 0.494 e. The number of benzene rings is 1. The van der Waals surface area contributed by atoms with E-state index in [1.54, 1.807) is 37.6 Å². The van der Waals surface area contributed by atoms with E-state index in [1.807, 2.05) is 19.9 Å². The van der Waals surface area contributed by atoms with Crippen molar-refractivity contribution in [3.63, 3.8) is 0 Å². The number of methoxy groups -OCH3 is 1. The molecule has 172 valence electrons. The van der Waals surface area contributed by atoms with Gasteiger partial charge in [-0.25, -0.2) is 15.0 Å². The fourth-order valence-corrected chi connectivity index (χ4v) is 3.92. The number of pyridine rings is 2. The van der Waals surface area contributed by atoms with Crippen molar-refractivity contribution in [3.8, 4) is 11.8 Å². The molecule has 4 aromatic rings. The lowest BCUT2D eigenvalue weighted by atomic mass is 10.0. The number of hydrogen-bond donors (Lipinski definition) is 2. The van der Waals surface area contributed by atoms with Crippen molar-refractivity contribution in [2.45, 2.75) is 19.4 Å². The molecule has 0 aliphatic heterocycles. The van der Waals surface area contributed by atoms with Crippen LogP contribution in [0.2, 0.25) is 5.15 Å². The number of halogens is 1. The third-order valence-electron chi connectivity index (χ3n) is 5.39. The van der Waals surface area contributed by atoms with Gasteiger partial charge in [0.2, 0.25) is 0 Å². The predicted octanol–water partition coefficient (Wildman–Crippen LogP) is 4.35. The van der Waals surface area contributed by atoms with Gasteiger partial charge >= 0.3 is 0 Å². The van der Waals surface area contributed by atoms with Crippen LogP contribution >= 0.6 is 11.6 Å². The minimum atomic E-state index is -0.677. The fourth-order valence-electron chi connectivity index (χ4n) is 3.72. The highest BCUT2D eigenvalue weighted by Gasteiger charge is 2.25. The summed E-state index contributed by atoms with van der Waals surface area (Å²) < 4.78 is 7.16. The second kappa shape index (κ2) is 9.00. The molecule has 0 radical (unpaired) electrons. The molecule has 3 heterocycles. The Bertz CT molecular complexity index is 1480. The topological polar surface area (TPSA) is 118 Å². The number of fused-ring (bicyclic) bond motifs is 1. The van der Waals surface area contributed by atoms with E-state index in [-0.39, 0.29) is 16.3 Å². The number of hydrogen-bond acceptors (Lipinski definition) is 8. The Labute approximate surface area is 201 Å². The molecule has 0 aliphatic rings. The zero-order valence-electron chi connectivity index (χ0n) is 19.0. The standard InChI is InChI=1S/C24H22ClN7O2/c1-24(2,23-28-7-5-8-29-23)31-18-12-20(33)32(3)21-15(18)10-14(11-19(21)34-4)30-17-6-9-27-22(25)16(17)13-26/h5-12,31H,1-4H3,(H,27,30). The summed E-state index contributed by atoms with van der Waals surface area (Å²) in [5, 5.41) is 17.0. The SMILES string of the molecule is COc1cc(Nc2ccnc(Cl)c2C#N)cc2c(NC(C)(C)c3ncccn3)cc(=O)n(C)c12. The van der Waals surface area contributed by atoms with Crippen molar-refractivity contribution in [1.29, 1.82) is 5.26 Å². The highest BCUT2D eigenvalue weighted by Crippen LogP contribution is 2.36. The number of nitrogens with one attached hydrogen (secondary N) is 2. The average molecular weight is 476 g/mol. The number of nitrogens with zero attached hydrogens (tertiary/aromatic N) is 5. The summed E-state index contributed by atoms with van der Waals surface area (Å²) >= 11 is 6.09. The van der Waals surface area contributed by atoms with Crippen LogP contribution in [0.1, 0.15) is 25.2 Å². The molecule has 2 N–H and O–H groups in total. The molecule has 3 aromatic heterocycles. The molecule has 0 fully saturated rings. The lowest BCUT2D eigenvalue weighted by Crippen LogP contribution is -2.31. The van der Waals surface area contributed by atoms with Gasteiger partial charge in [0, 0.05) is 54.5 Å². The van der Waals surface area contributed by atoms with Gasteiger partial charge in [-0.1, -0.05) is 11.6 Å². The van der Waals surface area contributed by atoms with Crippen LogP contribution in [0.15, 0.2) is 53.7 Å². The molecule has 34 heavy (non-hydrogen) atoms. The Balaban J connectivity index is 1.89. The van der Waals surface area contributed by atoms with Crippen molar-refractivity contribution in [1.82, 2.24) is 19.5 Å². The third-order valence-corrected chi connectivity index (χ3v) is 5.67. The van der Waals surface area contributed by atoms with E-state index in [0.29, 0.717) is 34.2 Å². The number of aryl methyl sites for hydroxylation is 1. The number of rotatable bonds is 6. The first-order valence-electron chi connectivity index (χ1n) is 10.3. The van der Waals surface area contributed by atoms with Gasteiger partial charge in [0.05, 0.1) is 23.9 Å². The Hall–Kier alpha value is -4.16. The minimum Gasteiger partial charge on any atom is -0.494 e. The van der Waals surface area contributed by atoms with Crippen LogP contribution in [0.4, 0.5) is 17.1 Å². The number of aromatic nitrogens is 4. The second-order valence-electron chi connectivity index (χ2n) is 8.11. The molecule has 0 aliphatic carbocycles. The average Bonchev–Trinajstić information content (AvgIpc) is 2.82. The van der Waals surface area contributed by atoms with E-state index in [2.05, 4.69) is 31.7 Å². The van der Waals surface area contributed by atoms with Gasteiger partial charge in [0.1, 0.15) is 22.5 Å². The number of nitriles is 1. The van der Waals surface area contributed by atoms with Crippen molar-refractivity contribution >= 4 is 39.6 Å². The van der Waals surface area contributed by atoms with Crippen molar-refractivity contribution < 1.29 is 4.74 Å². The lowest BCUT2D eigenvalue weighted by Gasteiger charge is -2.27. The Morgan fingerprint density at radius 2 is 1.85 bits per heavy atom. The molecule has 0 unspecified atom stereocenters. The molecule has 0 saturated carbocycles. The molecule has 0 saturated heterocycles. The number of anilines is 3. The van der Waals surface area contributed by atoms with Gasteiger partial charge < -0.3 is 19.9 Å². The maximum atomic E-state index is 12.8. The second-order valence-corrected chi connectivity index (χ2v) is 8.47. The van der Waals surface area contributed by atoms with Crippen LogP contribution in [0, 0.1) is 11.3 Å². The summed E-state index contributed by atoms with van der Waals surface area (Å²) in [6, 6.07) is 10.6. The normalized spacial score (nSPS) is 11.2. The maximum absolute atomic E-state index is 12.8. The van der Waals surface area contributed by atoms with Gasteiger partial charge in [-0.2, -0.15) is 5.26 Å². The third kappa shape index (κ3) is 4.23.